The molecule has 0 aliphatic carbocycles. The first-order chi connectivity index (χ1) is 10.0. The molecule has 0 fully saturated rings. The fourth-order valence-electron chi connectivity index (χ4n) is 1.45. The smallest absolute Gasteiger partial charge is 0.349 e. The zero-order valence-corrected chi connectivity index (χ0v) is 12.5. The molecule has 1 atom stereocenters. The molecule has 1 unspecified atom stereocenters. The number of benzene rings is 1. The average Bonchev–Trinajstić information content (AvgIpc) is 2.38. The zero-order valence-electron chi connectivity index (χ0n) is 12.5. The Balaban J connectivity index is 2.75. The van der Waals surface area contributed by atoms with Crippen LogP contribution < -0.4 is 5.32 Å². The highest BCUT2D eigenvalue weighted by molar-refractivity contribution is 5.94. The molecule has 1 aromatic rings. The van der Waals surface area contributed by atoms with Gasteiger partial charge in [0.05, 0.1) is 6.07 Å². The van der Waals surface area contributed by atoms with E-state index < -0.39 is 24.3 Å². The van der Waals surface area contributed by atoms with E-state index in [4.69, 9.17) is 5.26 Å². The van der Waals surface area contributed by atoms with Gasteiger partial charge < -0.3 is 10.1 Å². The number of carbonyl (C=O) groups is 1. The van der Waals surface area contributed by atoms with Crippen LogP contribution in [-0.4, -0.2) is 18.7 Å². The number of anilines is 1. The van der Waals surface area contributed by atoms with Gasteiger partial charge in [-0.2, -0.15) is 18.4 Å². The van der Waals surface area contributed by atoms with E-state index in [1.807, 2.05) is 0 Å². The van der Waals surface area contributed by atoms with E-state index in [1.54, 1.807) is 26.8 Å². The third-order valence-corrected chi connectivity index (χ3v) is 2.68. The molecular weight excluding hydrogens is 297 g/mol. The molecule has 0 heterocycles. The highest BCUT2D eigenvalue weighted by Gasteiger charge is 2.29. The number of carbonyl (C=O) groups excluding carboxylic acids is 1. The minimum absolute atomic E-state index is 0.189. The van der Waals surface area contributed by atoms with E-state index in [2.05, 4.69) is 10.1 Å². The number of ether oxygens (including phenoxy) is 1. The van der Waals surface area contributed by atoms with Crippen LogP contribution in [0.5, 0.6) is 0 Å². The number of hydrogen-bond acceptors (Lipinski definition) is 3. The van der Waals surface area contributed by atoms with Crippen LogP contribution in [0.25, 0.3) is 0 Å². The van der Waals surface area contributed by atoms with Gasteiger partial charge >= 0.3 is 6.18 Å². The second-order valence-electron chi connectivity index (χ2n) is 5.76. The Bertz CT molecular complexity index is 554. The van der Waals surface area contributed by atoms with Gasteiger partial charge in [0, 0.05) is 11.1 Å². The first kappa shape index (κ1) is 18.0. The highest BCUT2D eigenvalue weighted by Crippen LogP contribution is 2.24. The monoisotopic (exact) mass is 314 g/mol. The predicted octanol–water partition coefficient (Wildman–Crippen LogP) is 3.81. The third kappa shape index (κ3) is 5.74. The number of nitriles is 1. The second kappa shape index (κ2) is 6.79. The van der Waals surface area contributed by atoms with Gasteiger partial charge in [-0.15, -0.1) is 0 Å². The van der Waals surface area contributed by atoms with Crippen LogP contribution >= 0.6 is 0 Å². The lowest BCUT2D eigenvalue weighted by molar-refractivity contribution is -0.180. The van der Waals surface area contributed by atoms with Crippen LogP contribution in [0, 0.1) is 16.7 Å². The molecule has 120 valence electrons. The lowest BCUT2D eigenvalue weighted by Crippen LogP contribution is -2.27. The van der Waals surface area contributed by atoms with Gasteiger partial charge in [0.2, 0.25) is 5.91 Å². The van der Waals surface area contributed by atoms with Crippen molar-refractivity contribution in [2.45, 2.75) is 33.1 Å². The van der Waals surface area contributed by atoms with Crippen molar-refractivity contribution in [3.63, 3.8) is 0 Å². The molecule has 1 rings (SSSR count). The zero-order chi connectivity index (χ0) is 17.0. The molecule has 0 spiro atoms. The van der Waals surface area contributed by atoms with E-state index in [0.29, 0.717) is 11.3 Å². The summed E-state index contributed by atoms with van der Waals surface area (Å²) in [5.41, 5.74) is 0.223. The molecule has 0 bridgehead atoms. The standard InChI is InChI=1S/C15H17F3N2O2/c1-14(2,3)13(21)20-11-6-4-10(5-7-11)12(8-19)22-9-15(16,17)18/h4-7,12H,9H2,1-3H3,(H,20,21). The Hall–Kier alpha value is -2.07. The summed E-state index contributed by atoms with van der Waals surface area (Å²) in [6.07, 6.45) is -5.80. The normalized spacial score (nSPS) is 13.3. The Morgan fingerprint density at radius 2 is 1.82 bits per heavy atom. The summed E-state index contributed by atoms with van der Waals surface area (Å²) < 4.78 is 40.9. The van der Waals surface area contributed by atoms with Crippen molar-refractivity contribution in [1.82, 2.24) is 0 Å². The van der Waals surface area contributed by atoms with E-state index in [0.717, 1.165) is 0 Å². The Morgan fingerprint density at radius 1 is 1.27 bits per heavy atom. The van der Waals surface area contributed by atoms with Gasteiger partial charge in [-0.05, 0) is 17.7 Å². The summed E-state index contributed by atoms with van der Waals surface area (Å²) >= 11 is 0. The second-order valence-corrected chi connectivity index (χ2v) is 5.76. The molecule has 1 N–H and O–H groups in total. The average molecular weight is 314 g/mol. The molecule has 22 heavy (non-hydrogen) atoms. The molecular formula is C15H17F3N2O2. The molecule has 0 radical (unpaired) electrons. The lowest BCUT2D eigenvalue weighted by Gasteiger charge is -2.18. The molecule has 1 aromatic carbocycles. The van der Waals surface area contributed by atoms with Gasteiger partial charge in [-0.3, -0.25) is 4.79 Å². The number of amides is 1. The summed E-state index contributed by atoms with van der Waals surface area (Å²) in [6, 6.07) is 7.59. The first-order valence-electron chi connectivity index (χ1n) is 6.52. The van der Waals surface area contributed by atoms with Crippen molar-refractivity contribution < 1.29 is 22.7 Å². The third-order valence-electron chi connectivity index (χ3n) is 2.68. The maximum absolute atomic E-state index is 12.1. The van der Waals surface area contributed by atoms with Crippen molar-refractivity contribution in [2.24, 2.45) is 5.41 Å². The Morgan fingerprint density at radius 3 is 2.23 bits per heavy atom. The largest absolute Gasteiger partial charge is 0.411 e. The molecule has 4 nitrogen and oxygen atoms in total. The molecule has 0 saturated heterocycles. The summed E-state index contributed by atoms with van der Waals surface area (Å²) in [5, 5.41) is 11.6. The fourth-order valence-corrected chi connectivity index (χ4v) is 1.45. The van der Waals surface area contributed by atoms with E-state index in [9.17, 15) is 18.0 Å². The van der Waals surface area contributed by atoms with Crippen LogP contribution in [0.15, 0.2) is 24.3 Å². The van der Waals surface area contributed by atoms with Crippen LogP contribution in [-0.2, 0) is 9.53 Å². The summed E-state index contributed by atoms with van der Waals surface area (Å²) in [6.45, 7) is 3.78. The summed E-state index contributed by atoms with van der Waals surface area (Å²) in [7, 11) is 0. The van der Waals surface area contributed by atoms with Crippen LogP contribution in [0.1, 0.15) is 32.4 Å². The molecule has 0 aliphatic heterocycles. The molecule has 0 aliphatic rings. The minimum atomic E-state index is -4.49. The van der Waals surface area contributed by atoms with Crippen LogP contribution in [0.2, 0.25) is 0 Å². The number of rotatable bonds is 4. The molecule has 7 heteroatoms. The Labute approximate surface area is 126 Å². The fraction of sp³-hybridized carbons (Fsp3) is 0.467. The van der Waals surface area contributed by atoms with Gasteiger partial charge in [0.25, 0.3) is 0 Å². The maximum Gasteiger partial charge on any atom is 0.411 e. The molecule has 1 amide bonds. The molecule has 0 saturated carbocycles. The van der Waals surface area contributed by atoms with E-state index in [1.165, 1.54) is 24.3 Å². The Kier molecular flexibility index (Phi) is 5.55. The lowest BCUT2D eigenvalue weighted by atomic mass is 9.95. The van der Waals surface area contributed by atoms with Gasteiger partial charge in [0.1, 0.15) is 6.61 Å². The first-order valence-corrected chi connectivity index (χ1v) is 6.52. The number of nitrogens with one attached hydrogen (secondary N) is 1. The number of halogens is 3. The van der Waals surface area contributed by atoms with Gasteiger partial charge in [-0.1, -0.05) is 32.9 Å². The predicted molar refractivity (Wildman–Crippen MR) is 74.9 cm³/mol. The van der Waals surface area contributed by atoms with Crippen molar-refractivity contribution in [3.05, 3.63) is 29.8 Å². The number of nitrogens with zero attached hydrogens (tertiary/aromatic N) is 1. The van der Waals surface area contributed by atoms with Gasteiger partial charge in [0.15, 0.2) is 6.10 Å². The van der Waals surface area contributed by atoms with Gasteiger partial charge in [-0.25, -0.2) is 0 Å². The van der Waals surface area contributed by atoms with Crippen molar-refractivity contribution in [2.75, 3.05) is 11.9 Å². The maximum atomic E-state index is 12.1. The quantitative estimate of drug-likeness (QED) is 0.919. The van der Waals surface area contributed by atoms with Crippen molar-refractivity contribution in [1.29, 1.82) is 5.26 Å². The molecule has 0 aromatic heterocycles. The summed E-state index contributed by atoms with van der Waals surface area (Å²) in [5.74, 6) is -0.189. The minimum Gasteiger partial charge on any atom is -0.349 e. The van der Waals surface area contributed by atoms with E-state index in [-0.39, 0.29) is 5.91 Å². The number of hydrogen-bond donors (Lipinski definition) is 1. The SMILES string of the molecule is CC(C)(C)C(=O)Nc1ccc(C(C#N)OCC(F)(F)F)cc1. The summed E-state index contributed by atoms with van der Waals surface area (Å²) in [4.78, 5) is 11.8. The van der Waals surface area contributed by atoms with Crippen molar-refractivity contribution >= 4 is 11.6 Å². The van der Waals surface area contributed by atoms with E-state index >= 15 is 0 Å². The van der Waals surface area contributed by atoms with Crippen LogP contribution in [0.4, 0.5) is 18.9 Å². The van der Waals surface area contributed by atoms with Crippen molar-refractivity contribution in [3.8, 4) is 6.07 Å². The number of alkyl halides is 3. The van der Waals surface area contributed by atoms with Crippen LogP contribution in [0.3, 0.4) is 0 Å². The topological polar surface area (TPSA) is 62.1 Å². The highest BCUT2D eigenvalue weighted by atomic mass is 19.4.